The van der Waals surface area contributed by atoms with E-state index in [1.54, 1.807) is 0 Å². The number of sulfonamides is 1. The van der Waals surface area contributed by atoms with Crippen molar-refractivity contribution in [3.8, 4) is 5.75 Å². The monoisotopic (exact) mass is 319 g/mol. The van der Waals surface area contributed by atoms with Gasteiger partial charge in [0.2, 0.25) is 10.0 Å². The van der Waals surface area contributed by atoms with Crippen LogP contribution in [0.15, 0.2) is 17.0 Å². The van der Waals surface area contributed by atoms with Gasteiger partial charge < -0.3 is 15.4 Å². The summed E-state index contributed by atoms with van der Waals surface area (Å²) in [6.45, 7) is 1.10. The first-order valence-electron chi connectivity index (χ1n) is 6.44. The number of rotatable bonds is 7. The molecule has 0 saturated heterocycles. The number of nitrogens with zero attached hydrogens (tertiary/aromatic N) is 2. The predicted octanol–water partition coefficient (Wildman–Crippen LogP) is 0.989. The highest BCUT2D eigenvalue weighted by Gasteiger charge is 2.23. The van der Waals surface area contributed by atoms with E-state index < -0.39 is 15.8 Å². The number of anilines is 1. The van der Waals surface area contributed by atoms with Gasteiger partial charge in [0.1, 0.15) is 0 Å². The summed E-state index contributed by atoms with van der Waals surface area (Å²) in [5, 5.41) is 0. The second-order valence-electron chi connectivity index (χ2n) is 5.01. The molecule has 0 heterocycles. The molecular weight excluding hydrogens is 297 g/mol. The Morgan fingerprint density at radius 3 is 2.33 bits per heavy atom. The zero-order valence-electron chi connectivity index (χ0n) is 12.8. The van der Waals surface area contributed by atoms with Gasteiger partial charge in [-0.1, -0.05) is 0 Å². The Morgan fingerprint density at radius 2 is 1.86 bits per heavy atom. The molecule has 0 fully saturated rings. The van der Waals surface area contributed by atoms with Crippen LogP contribution in [-0.4, -0.2) is 59.0 Å². The smallest absolute Gasteiger partial charge is 0.243 e. The number of methoxy groups -OCH3 is 1. The van der Waals surface area contributed by atoms with E-state index >= 15 is 0 Å². The van der Waals surface area contributed by atoms with Crippen molar-refractivity contribution < 1.29 is 17.5 Å². The zero-order chi connectivity index (χ0) is 16.2. The third-order valence-corrected chi connectivity index (χ3v) is 4.87. The number of hydrogen-bond donors (Lipinski definition) is 1. The van der Waals surface area contributed by atoms with Crippen molar-refractivity contribution in [2.75, 3.05) is 47.1 Å². The molecule has 0 saturated carbocycles. The highest BCUT2D eigenvalue weighted by molar-refractivity contribution is 7.89. The molecule has 0 radical (unpaired) electrons. The predicted molar refractivity (Wildman–Crippen MR) is 80.4 cm³/mol. The lowest BCUT2D eigenvalue weighted by atomic mass is 10.3. The van der Waals surface area contributed by atoms with E-state index in [2.05, 4.69) is 0 Å². The molecule has 1 aromatic rings. The van der Waals surface area contributed by atoms with Gasteiger partial charge in [-0.2, -0.15) is 0 Å². The molecule has 8 heteroatoms. The van der Waals surface area contributed by atoms with Crippen molar-refractivity contribution in [2.45, 2.75) is 11.3 Å². The van der Waals surface area contributed by atoms with E-state index in [0.29, 0.717) is 13.0 Å². The average molecular weight is 319 g/mol. The minimum absolute atomic E-state index is 0.0437. The molecule has 21 heavy (non-hydrogen) atoms. The van der Waals surface area contributed by atoms with Gasteiger partial charge in [0.25, 0.3) is 0 Å². The first kappa shape index (κ1) is 17.7. The summed E-state index contributed by atoms with van der Waals surface area (Å²) in [5.74, 6) is -0.943. The Balaban J connectivity index is 2.97. The van der Waals surface area contributed by atoms with Crippen molar-refractivity contribution in [1.82, 2.24) is 9.21 Å². The Kier molecular flexibility index (Phi) is 5.94. The highest BCUT2D eigenvalue weighted by Crippen LogP contribution is 2.29. The fourth-order valence-electron chi connectivity index (χ4n) is 1.86. The quantitative estimate of drug-likeness (QED) is 0.759. The maximum Gasteiger partial charge on any atom is 0.243 e. The maximum absolute atomic E-state index is 13.8. The van der Waals surface area contributed by atoms with Gasteiger partial charge in [0.05, 0.1) is 17.7 Å². The van der Waals surface area contributed by atoms with E-state index in [9.17, 15) is 12.8 Å². The van der Waals surface area contributed by atoms with E-state index in [4.69, 9.17) is 10.5 Å². The summed E-state index contributed by atoms with van der Waals surface area (Å²) in [4.78, 5) is 1.79. The minimum Gasteiger partial charge on any atom is -0.492 e. The van der Waals surface area contributed by atoms with Gasteiger partial charge >= 0.3 is 0 Å². The Bertz CT molecular complexity index is 567. The highest BCUT2D eigenvalue weighted by atomic mass is 32.2. The average Bonchev–Trinajstić information content (AvgIpc) is 2.37. The summed E-state index contributed by atoms with van der Waals surface area (Å²) in [6.07, 6.45) is 0.677. The largest absolute Gasteiger partial charge is 0.492 e. The van der Waals surface area contributed by atoms with Gasteiger partial charge in [-0.05, 0) is 39.2 Å². The summed E-state index contributed by atoms with van der Waals surface area (Å²) in [7, 11) is 2.79. The summed E-state index contributed by atoms with van der Waals surface area (Å²) >= 11 is 0. The molecule has 0 spiro atoms. The lowest BCUT2D eigenvalue weighted by Crippen LogP contribution is -2.30. The van der Waals surface area contributed by atoms with Crippen LogP contribution in [0.3, 0.4) is 0 Å². The Labute approximate surface area is 125 Å². The summed E-state index contributed by atoms with van der Waals surface area (Å²) in [5.41, 5.74) is 5.57. The van der Waals surface area contributed by atoms with Gasteiger partial charge in [-0.3, -0.25) is 0 Å². The molecule has 2 N–H and O–H groups in total. The van der Waals surface area contributed by atoms with E-state index in [1.165, 1.54) is 24.5 Å². The standard InChI is InChI=1S/C13H22FN3O3S/c1-16(2)6-5-7-17(3)21(18,19)10-8-11(14)13(20-4)12(15)9-10/h8-9H,5-7,15H2,1-4H3. The molecule has 0 unspecified atom stereocenters. The van der Waals surface area contributed by atoms with Crippen LogP contribution < -0.4 is 10.5 Å². The molecule has 0 bridgehead atoms. The summed E-state index contributed by atoms with van der Waals surface area (Å²) in [6, 6.07) is 2.13. The first-order chi connectivity index (χ1) is 9.70. The van der Waals surface area contributed by atoms with Crippen LogP contribution >= 0.6 is 0 Å². The maximum atomic E-state index is 13.8. The van der Waals surface area contributed by atoms with Crippen LogP contribution in [0, 0.1) is 5.82 Å². The molecule has 0 aliphatic heterocycles. The topological polar surface area (TPSA) is 75.9 Å². The fourth-order valence-corrected chi connectivity index (χ4v) is 3.12. The van der Waals surface area contributed by atoms with E-state index in [1.807, 2.05) is 19.0 Å². The van der Waals surface area contributed by atoms with Crippen molar-refractivity contribution in [2.24, 2.45) is 0 Å². The Hall–Kier alpha value is -1.38. The van der Waals surface area contributed by atoms with Crippen LogP contribution in [0.4, 0.5) is 10.1 Å². The van der Waals surface area contributed by atoms with Gasteiger partial charge in [-0.15, -0.1) is 0 Å². The van der Waals surface area contributed by atoms with Crippen LogP contribution in [-0.2, 0) is 10.0 Å². The first-order valence-corrected chi connectivity index (χ1v) is 7.88. The van der Waals surface area contributed by atoms with Crippen molar-refractivity contribution in [3.05, 3.63) is 17.9 Å². The van der Waals surface area contributed by atoms with Crippen LogP contribution in [0.25, 0.3) is 0 Å². The number of hydrogen-bond acceptors (Lipinski definition) is 5. The van der Waals surface area contributed by atoms with Crippen LogP contribution in [0.5, 0.6) is 5.75 Å². The molecule has 1 aromatic carbocycles. The number of ether oxygens (including phenoxy) is 1. The molecule has 1 rings (SSSR count). The second kappa shape index (κ2) is 7.06. The van der Waals surface area contributed by atoms with Gasteiger partial charge in [0, 0.05) is 13.6 Å². The lowest BCUT2D eigenvalue weighted by Gasteiger charge is -2.19. The third-order valence-electron chi connectivity index (χ3n) is 3.04. The molecule has 0 aromatic heterocycles. The zero-order valence-corrected chi connectivity index (χ0v) is 13.6. The molecule has 0 aliphatic rings. The van der Waals surface area contributed by atoms with Crippen LogP contribution in [0.2, 0.25) is 0 Å². The summed E-state index contributed by atoms with van der Waals surface area (Å²) < 4.78 is 44.5. The molecule has 6 nitrogen and oxygen atoms in total. The van der Waals surface area contributed by atoms with Crippen LogP contribution in [0.1, 0.15) is 6.42 Å². The number of halogens is 1. The van der Waals surface area contributed by atoms with Crippen molar-refractivity contribution in [1.29, 1.82) is 0 Å². The number of nitrogen functional groups attached to an aromatic ring is 1. The molecule has 0 amide bonds. The number of nitrogens with two attached hydrogens (primary N) is 1. The third kappa shape index (κ3) is 4.29. The molecule has 0 atom stereocenters. The molecule has 0 aliphatic carbocycles. The minimum atomic E-state index is -3.77. The SMILES string of the molecule is COc1c(N)cc(S(=O)(=O)N(C)CCCN(C)C)cc1F. The van der Waals surface area contributed by atoms with Crippen molar-refractivity contribution >= 4 is 15.7 Å². The van der Waals surface area contributed by atoms with E-state index in [-0.39, 0.29) is 16.3 Å². The molecule has 120 valence electrons. The normalized spacial score (nSPS) is 12.1. The van der Waals surface area contributed by atoms with Gasteiger partial charge in [-0.25, -0.2) is 17.1 Å². The second-order valence-corrected chi connectivity index (χ2v) is 7.06. The number of benzene rings is 1. The van der Waals surface area contributed by atoms with Crippen molar-refractivity contribution in [3.63, 3.8) is 0 Å². The lowest BCUT2D eigenvalue weighted by molar-refractivity contribution is 0.370. The van der Waals surface area contributed by atoms with E-state index in [0.717, 1.165) is 12.6 Å². The fraction of sp³-hybridized carbons (Fsp3) is 0.538. The molecular formula is C13H22FN3O3S. The van der Waals surface area contributed by atoms with Gasteiger partial charge in [0.15, 0.2) is 11.6 Å². The Morgan fingerprint density at radius 1 is 1.24 bits per heavy atom.